The van der Waals surface area contributed by atoms with Crippen molar-refractivity contribution in [3.05, 3.63) is 29.3 Å². The molecule has 3 aliphatic heterocycles. The van der Waals surface area contributed by atoms with Crippen LogP contribution in [0.2, 0.25) is 0 Å². The molecule has 6 N–H and O–H groups in total. The lowest BCUT2D eigenvalue weighted by molar-refractivity contribution is -0.0568. The number of nitrogens with one attached hydrogen (secondary N) is 1. The number of nitrogens with two attached hydrogens (primary N) is 2. The van der Waals surface area contributed by atoms with E-state index in [4.69, 9.17) is 39.0 Å². The second kappa shape index (κ2) is 11.2. The summed E-state index contributed by atoms with van der Waals surface area (Å²) in [4.78, 5) is 34.7. The first-order valence-corrected chi connectivity index (χ1v) is 18.3. The quantitative estimate of drug-likeness (QED) is 0.122. The van der Waals surface area contributed by atoms with Crippen LogP contribution in [-0.2, 0) is 36.7 Å². The molecule has 0 aliphatic carbocycles. The fourth-order valence-corrected chi connectivity index (χ4v) is 8.20. The third-order valence-corrected chi connectivity index (χ3v) is 10.5. The molecule has 0 saturated carbocycles. The minimum Gasteiger partial charge on any atom is -0.387 e. The van der Waals surface area contributed by atoms with Crippen molar-refractivity contribution in [2.75, 3.05) is 24.7 Å². The van der Waals surface area contributed by atoms with Gasteiger partial charge in [0.2, 0.25) is 5.95 Å². The van der Waals surface area contributed by atoms with Crippen molar-refractivity contribution in [3.8, 4) is 0 Å². The molecule has 20 nitrogen and oxygen atoms in total. The molecule has 4 aromatic heterocycles. The minimum absolute atomic E-state index is 0.0443. The molecule has 3 saturated heterocycles. The summed E-state index contributed by atoms with van der Waals surface area (Å²) in [5.41, 5.74) is 11.0. The molecule has 3 fully saturated rings. The summed E-state index contributed by atoms with van der Waals surface area (Å²) in [6.07, 6.45) is -8.75. The first-order valence-electron chi connectivity index (χ1n) is 12.9. The summed E-state index contributed by atoms with van der Waals surface area (Å²) >= 11 is 8.03. The molecule has 0 spiro atoms. The maximum absolute atomic E-state index is 16.0. The number of alkyl halides is 1. The highest BCUT2D eigenvalue weighted by Crippen LogP contribution is 2.60. The third-order valence-electron chi connectivity index (χ3n) is 7.28. The number of aliphatic hydroxyl groups is 1. The van der Waals surface area contributed by atoms with E-state index in [1.54, 1.807) is 0 Å². The summed E-state index contributed by atoms with van der Waals surface area (Å²) in [7, 11) is 0. The summed E-state index contributed by atoms with van der Waals surface area (Å²) in [5.74, 6) is -0.193. The van der Waals surface area contributed by atoms with Gasteiger partial charge in [0.15, 0.2) is 41.3 Å². The molecule has 2 unspecified atom stereocenters. The summed E-state index contributed by atoms with van der Waals surface area (Å²) in [6.45, 7) is -10.1. The van der Waals surface area contributed by atoms with Gasteiger partial charge in [0, 0.05) is 0 Å². The standard InChI is InChI=1S/C20H23FN10O10P2S2/c21-8-12-7(39-18(8)30-4-26-9-14(22)24-3-25-15(9)30)2-37-43(35,45)41-13-11(32)6(1-36-42(34,44)40-12)38-19(13)31-5-27-10-16(31)28-20(23)29-17(10)33/h3-8,11-13,18-19,32H,1-2H2,(H,34,44)(H,35,45)(H2,22,24,25)(H3,23,28,29,33)/t6-,7-,8?,11+,12+,13?,18-,19-,42-,43-/m1/s1. The Morgan fingerprint density at radius 3 is 2.27 bits per heavy atom. The van der Waals surface area contributed by atoms with Crippen LogP contribution in [0.1, 0.15) is 12.5 Å². The number of H-pyrrole nitrogens is 1. The topological polar surface area (TPSA) is 269 Å². The molecule has 3 aliphatic rings. The number of ether oxygens (including phenoxy) is 2. The van der Waals surface area contributed by atoms with E-state index in [1.165, 1.54) is 21.8 Å². The van der Waals surface area contributed by atoms with Crippen LogP contribution >= 0.6 is 38.1 Å². The van der Waals surface area contributed by atoms with Crippen LogP contribution in [0.4, 0.5) is 16.2 Å². The van der Waals surface area contributed by atoms with Gasteiger partial charge in [0.25, 0.3) is 5.56 Å². The van der Waals surface area contributed by atoms with Crippen LogP contribution in [0, 0.1) is 0 Å². The predicted molar refractivity (Wildman–Crippen MR) is 156 cm³/mol. The fraction of sp³-hybridized carbons (Fsp3) is 0.500. The van der Waals surface area contributed by atoms with E-state index in [0.29, 0.717) is 0 Å². The fourth-order valence-electron chi connectivity index (χ4n) is 5.26. The molecular formula is C20H23FN10O10P2S2. The van der Waals surface area contributed by atoms with Crippen molar-refractivity contribution >= 4 is 72.2 Å². The first kappa shape index (κ1) is 30.9. The van der Waals surface area contributed by atoms with Gasteiger partial charge in [-0.3, -0.25) is 37.0 Å². The molecule has 45 heavy (non-hydrogen) atoms. The number of anilines is 2. The summed E-state index contributed by atoms with van der Waals surface area (Å²) in [5, 5.41) is 11.1. The van der Waals surface area contributed by atoms with Crippen molar-refractivity contribution in [1.82, 2.24) is 39.0 Å². The Kier molecular flexibility index (Phi) is 7.72. The van der Waals surface area contributed by atoms with E-state index in [2.05, 4.69) is 54.4 Å². The maximum atomic E-state index is 16.0. The van der Waals surface area contributed by atoms with E-state index in [1.807, 2.05) is 0 Å². The van der Waals surface area contributed by atoms with Gasteiger partial charge in [0.05, 0.1) is 25.9 Å². The van der Waals surface area contributed by atoms with Crippen LogP contribution in [0.25, 0.3) is 22.3 Å². The average molecular weight is 709 g/mol. The van der Waals surface area contributed by atoms with E-state index in [-0.39, 0.29) is 34.1 Å². The minimum atomic E-state index is -4.42. The van der Waals surface area contributed by atoms with Gasteiger partial charge >= 0.3 is 13.6 Å². The van der Waals surface area contributed by atoms with Crippen LogP contribution in [0.5, 0.6) is 0 Å². The van der Waals surface area contributed by atoms with Crippen molar-refractivity contribution in [2.24, 2.45) is 0 Å². The third kappa shape index (κ3) is 5.54. The number of aromatic amines is 1. The van der Waals surface area contributed by atoms with Crippen molar-refractivity contribution < 1.29 is 46.2 Å². The summed E-state index contributed by atoms with van der Waals surface area (Å²) < 4.78 is 79.0. The highest BCUT2D eigenvalue weighted by atomic mass is 32.7. The number of hydrogen-bond donors (Lipinski definition) is 6. The van der Waals surface area contributed by atoms with E-state index in [9.17, 15) is 19.0 Å². The Bertz CT molecular complexity index is 1950. The van der Waals surface area contributed by atoms with Crippen molar-refractivity contribution in [2.45, 2.75) is 49.1 Å². The molecule has 242 valence electrons. The molecule has 7 rings (SSSR count). The second-order valence-electron chi connectivity index (χ2n) is 10.1. The molecule has 0 aromatic carbocycles. The van der Waals surface area contributed by atoms with Crippen LogP contribution in [-0.4, -0.2) is 94.0 Å². The average Bonchev–Trinajstić information content (AvgIpc) is 3.72. The van der Waals surface area contributed by atoms with Gasteiger partial charge in [0.1, 0.15) is 42.4 Å². The SMILES string of the molecule is Nc1nc2c(ncn2[C@@H]2O[C@@H]3CO[P@@](=O)(S)O[C@@H]4C(F)[C@H](n5cnc6c(N)ncnc65)O[C@@H]4CO[P@@](=O)(S)OC2[C@H]3O)c(=O)[nH]1. The highest BCUT2D eigenvalue weighted by molar-refractivity contribution is 8.44. The molecular weight excluding hydrogens is 685 g/mol. The van der Waals surface area contributed by atoms with E-state index < -0.39 is 81.5 Å². The monoisotopic (exact) mass is 708 g/mol. The number of hydrogen-bond acceptors (Lipinski definition) is 17. The van der Waals surface area contributed by atoms with Crippen molar-refractivity contribution in [1.29, 1.82) is 0 Å². The van der Waals surface area contributed by atoms with E-state index >= 15 is 4.39 Å². The number of thiol groups is 2. The first-order chi connectivity index (χ1) is 21.3. The number of rotatable bonds is 2. The molecule has 7 heterocycles. The Hall–Kier alpha value is -2.69. The zero-order valence-electron chi connectivity index (χ0n) is 22.3. The van der Waals surface area contributed by atoms with Crippen LogP contribution in [0.3, 0.4) is 0 Å². The Morgan fingerprint density at radius 2 is 1.53 bits per heavy atom. The number of aliphatic hydroxyl groups excluding tert-OH is 1. The molecule has 0 amide bonds. The van der Waals surface area contributed by atoms with Gasteiger partial charge in [-0.15, -0.1) is 0 Å². The number of nitrogen functional groups attached to an aromatic ring is 2. The van der Waals surface area contributed by atoms with Crippen molar-refractivity contribution in [3.63, 3.8) is 0 Å². The molecule has 10 atom stereocenters. The van der Waals surface area contributed by atoms with Gasteiger partial charge < -0.3 is 26.0 Å². The lowest BCUT2D eigenvalue weighted by Crippen LogP contribution is -2.35. The predicted octanol–water partition coefficient (Wildman–Crippen LogP) is 0.511. The smallest absolute Gasteiger partial charge is 0.386 e. The largest absolute Gasteiger partial charge is 0.387 e. The molecule has 4 aromatic rings. The lowest BCUT2D eigenvalue weighted by Gasteiger charge is -2.26. The Balaban J connectivity index is 1.21. The zero-order valence-corrected chi connectivity index (χ0v) is 25.9. The number of aromatic nitrogens is 8. The normalized spacial score (nSPS) is 37.7. The zero-order chi connectivity index (χ0) is 31.8. The van der Waals surface area contributed by atoms with Gasteiger partial charge in [-0.1, -0.05) is 24.5 Å². The van der Waals surface area contributed by atoms with Crippen LogP contribution < -0.4 is 17.0 Å². The number of fused-ring (bicyclic) bond motifs is 5. The number of imidazole rings is 2. The summed E-state index contributed by atoms with van der Waals surface area (Å²) in [6, 6.07) is 0. The van der Waals surface area contributed by atoms with Gasteiger partial charge in [-0.25, -0.2) is 33.5 Å². The number of nitrogens with zero attached hydrogens (tertiary/aromatic N) is 7. The molecule has 25 heteroatoms. The van der Waals surface area contributed by atoms with Gasteiger partial charge in [-0.05, 0) is 0 Å². The maximum Gasteiger partial charge on any atom is 0.386 e. The molecule has 0 radical (unpaired) electrons. The van der Waals surface area contributed by atoms with Crippen LogP contribution in [0.15, 0.2) is 23.8 Å². The van der Waals surface area contributed by atoms with E-state index in [0.717, 1.165) is 6.33 Å². The van der Waals surface area contributed by atoms with Gasteiger partial charge in [-0.2, -0.15) is 4.98 Å². The Labute approximate surface area is 260 Å². The number of halogens is 1. The second-order valence-corrected chi connectivity index (χ2v) is 15.8. The Morgan fingerprint density at radius 1 is 0.911 bits per heavy atom. The lowest BCUT2D eigenvalue weighted by atomic mass is 10.1. The molecule has 2 bridgehead atoms. The highest BCUT2D eigenvalue weighted by Gasteiger charge is 2.54.